The lowest BCUT2D eigenvalue weighted by molar-refractivity contribution is -0.140. The molecular weight excluding hydrogens is 166 g/mol. The summed E-state index contributed by atoms with van der Waals surface area (Å²) in [5, 5.41) is 0. The molecule has 0 atom stereocenters. The number of hydrogen-bond acceptors (Lipinski definition) is 2. The van der Waals surface area contributed by atoms with Crippen LogP contribution in [0.4, 0.5) is 0 Å². The topological polar surface area (TPSA) is 29.5 Å². The number of carbonyl (C=O) groups excluding carboxylic acids is 1. The predicted octanol–water partition coefficient (Wildman–Crippen LogP) is 1.42. The summed E-state index contributed by atoms with van der Waals surface area (Å²) < 4.78 is 5.40. The van der Waals surface area contributed by atoms with Crippen molar-refractivity contribution in [3.8, 4) is 0 Å². The molecule has 0 radical (unpaired) electrons. The van der Waals surface area contributed by atoms with Crippen LogP contribution in [0.2, 0.25) is 0 Å². The van der Waals surface area contributed by atoms with E-state index in [0.29, 0.717) is 6.04 Å². The van der Waals surface area contributed by atoms with E-state index in [0.717, 1.165) is 12.8 Å². The molecule has 0 bridgehead atoms. The molecular formula is C10H19NO2. The molecule has 13 heavy (non-hydrogen) atoms. The zero-order chi connectivity index (χ0) is 10.1. The zero-order valence-electron chi connectivity index (χ0n) is 8.96. The van der Waals surface area contributed by atoms with Gasteiger partial charge in [-0.1, -0.05) is 0 Å². The Morgan fingerprint density at radius 1 is 1.46 bits per heavy atom. The number of carbonyl (C=O) groups is 1. The third kappa shape index (κ3) is 3.77. The van der Waals surface area contributed by atoms with Crippen LogP contribution in [0.15, 0.2) is 0 Å². The van der Waals surface area contributed by atoms with Crippen molar-refractivity contribution in [1.82, 2.24) is 4.90 Å². The minimum Gasteiger partial charge on any atom is -0.366 e. The first kappa shape index (κ1) is 10.5. The molecule has 1 amide bonds. The van der Waals surface area contributed by atoms with E-state index >= 15 is 0 Å². The van der Waals surface area contributed by atoms with Gasteiger partial charge in [0, 0.05) is 13.1 Å². The van der Waals surface area contributed by atoms with Gasteiger partial charge in [0.05, 0.1) is 5.60 Å². The van der Waals surface area contributed by atoms with E-state index < -0.39 is 0 Å². The van der Waals surface area contributed by atoms with Gasteiger partial charge < -0.3 is 9.64 Å². The molecule has 0 N–H and O–H groups in total. The molecule has 0 aromatic carbocycles. The van der Waals surface area contributed by atoms with E-state index in [1.807, 2.05) is 27.8 Å². The van der Waals surface area contributed by atoms with Gasteiger partial charge in [0.15, 0.2) is 0 Å². The maximum Gasteiger partial charge on any atom is 0.248 e. The zero-order valence-corrected chi connectivity index (χ0v) is 8.96. The second kappa shape index (κ2) is 3.66. The van der Waals surface area contributed by atoms with Gasteiger partial charge in [-0.2, -0.15) is 0 Å². The Hall–Kier alpha value is -0.570. The summed E-state index contributed by atoms with van der Waals surface area (Å²) in [6.45, 7) is 6.07. The van der Waals surface area contributed by atoms with Crippen molar-refractivity contribution in [2.24, 2.45) is 0 Å². The van der Waals surface area contributed by atoms with E-state index in [4.69, 9.17) is 4.74 Å². The predicted molar refractivity (Wildman–Crippen MR) is 51.5 cm³/mol. The van der Waals surface area contributed by atoms with Crippen LogP contribution in [0, 0.1) is 0 Å². The molecule has 1 saturated carbocycles. The largest absolute Gasteiger partial charge is 0.366 e. The van der Waals surface area contributed by atoms with Crippen LogP contribution in [-0.4, -0.2) is 36.1 Å². The first-order valence-electron chi connectivity index (χ1n) is 4.80. The lowest BCUT2D eigenvalue weighted by Gasteiger charge is -2.22. The van der Waals surface area contributed by atoms with Crippen molar-refractivity contribution in [3.63, 3.8) is 0 Å². The number of amides is 1. The van der Waals surface area contributed by atoms with Crippen LogP contribution < -0.4 is 0 Å². The van der Waals surface area contributed by atoms with E-state index in [1.165, 1.54) is 0 Å². The Balaban J connectivity index is 2.24. The highest BCUT2D eigenvalue weighted by Crippen LogP contribution is 2.25. The summed E-state index contributed by atoms with van der Waals surface area (Å²) in [7, 11) is 1.85. The summed E-state index contributed by atoms with van der Waals surface area (Å²) in [5.74, 6) is 0.0948. The van der Waals surface area contributed by atoms with Gasteiger partial charge >= 0.3 is 0 Å². The van der Waals surface area contributed by atoms with Crippen molar-refractivity contribution in [2.45, 2.75) is 45.3 Å². The van der Waals surface area contributed by atoms with Gasteiger partial charge in [0.25, 0.3) is 0 Å². The Morgan fingerprint density at radius 3 is 2.38 bits per heavy atom. The number of likely N-dealkylation sites (N-methyl/N-ethyl adjacent to an activating group) is 1. The van der Waals surface area contributed by atoms with Crippen molar-refractivity contribution < 1.29 is 9.53 Å². The van der Waals surface area contributed by atoms with Gasteiger partial charge in [-0.15, -0.1) is 0 Å². The maximum atomic E-state index is 11.5. The average Bonchev–Trinajstić information content (AvgIpc) is 2.79. The van der Waals surface area contributed by atoms with Gasteiger partial charge in [-0.25, -0.2) is 0 Å². The average molecular weight is 185 g/mol. The van der Waals surface area contributed by atoms with Crippen LogP contribution in [0.25, 0.3) is 0 Å². The lowest BCUT2D eigenvalue weighted by atomic mass is 10.2. The molecule has 0 aromatic heterocycles. The minimum absolute atomic E-state index is 0.0948. The minimum atomic E-state index is -0.222. The molecule has 0 spiro atoms. The molecule has 0 saturated heterocycles. The fraction of sp³-hybridized carbons (Fsp3) is 0.900. The highest BCUT2D eigenvalue weighted by molar-refractivity contribution is 5.77. The van der Waals surface area contributed by atoms with Gasteiger partial charge in [0.2, 0.25) is 5.91 Å². The molecule has 76 valence electrons. The van der Waals surface area contributed by atoms with Crippen molar-refractivity contribution in [1.29, 1.82) is 0 Å². The second-order valence-electron chi connectivity index (χ2n) is 4.64. The first-order chi connectivity index (χ1) is 5.90. The van der Waals surface area contributed by atoms with Gasteiger partial charge in [0.1, 0.15) is 6.61 Å². The standard InChI is InChI=1S/C10H19NO2/c1-10(2,3)13-7-9(12)11(4)8-5-6-8/h8H,5-7H2,1-4H3. The Morgan fingerprint density at radius 2 is 2.00 bits per heavy atom. The molecule has 3 heteroatoms. The molecule has 0 unspecified atom stereocenters. The molecule has 3 nitrogen and oxygen atoms in total. The quantitative estimate of drug-likeness (QED) is 0.665. The van der Waals surface area contributed by atoms with Crippen molar-refractivity contribution >= 4 is 5.91 Å². The second-order valence-corrected chi connectivity index (χ2v) is 4.64. The molecule has 1 fully saturated rings. The van der Waals surface area contributed by atoms with Crippen LogP contribution in [0.1, 0.15) is 33.6 Å². The van der Waals surface area contributed by atoms with E-state index in [2.05, 4.69) is 0 Å². The fourth-order valence-electron chi connectivity index (χ4n) is 1.05. The third-order valence-electron chi connectivity index (χ3n) is 2.12. The third-order valence-corrected chi connectivity index (χ3v) is 2.12. The molecule has 0 heterocycles. The summed E-state index contributed by atoms with van der Waals surface area (Å²) in [5.41, 5.74) is -0.222. The molecule has 1 rings (SSSR count). The van der Waals surface area contributed by atoms with Crippen molar-refractivity contribution in [2.75, 3.05) is 13.7 Å². The SMILES string of the molecule is CN(C(=O)COC(C)(C)C)C1CC1. The van der Waals surface area contributed by atoms with Gasteiger partial charge in [-0.3, -0.25) is 4.79 Å². The van der Waals surface area contributed by atoms with E-state index in [9.17, 15) is 4.79 Å². The smallest absolute Gasteiger partial charge is 0.248 e. The number of rotatable bonds is 3. The van der Waals surface area contributed by atoms with Gasteiger partial charge in [-0.05, 0) is 33.6 Å². The van der Waals surface area contributed by atoms with Crippen molar-refractivity contribution in [3.05, 3.63) is 0 Å². The molecule has 0 aromatic rings. The van der Waals surface area contributed by atoms with E-state index in [-0.39, 0.29) is 18.1 Å². The lowest BCUT2D eigenvalue weighted by Crippen LogP contribution is -2.35. The van der Waals surface area contributed by atoms with Crippen LogP contribution in [0.5, 0.6) is 0 Å². The summed E-state index contributed by atoms with van der Waals surface area (Å²) >= 11 is 0. The Labute approximate surface area is 80.1 Å². The van der Waals surface area contributed by atoms with Crippen LogP contribution in [-0.2, 0) is 9.53 Å². The Kier molecular flexibility index (Phi) is 2.96. The highest BCUT2D eigenvalue weighted by Gasteiger charge is 2.29. The maximum absolute atomic E-state index is 11.5. The summed E-state index contributed by atoms with van der Waals surface area (Å²) in [6.07, 6.45) is 2.30. The monoisotopic (exact) mass is 185 g/mol. The van der Waals surface area contributed by atoms with Crippen LogP contribution >= 0.6 is 0 Å². The summed E-state index contributed by atoms with van der Waals surface area (Å²) in [4.78, 5) is 13.3. The Bertz CT molecular complexity index is 192. The summed E-state index contributed by atoms with van der Waals surface area (Å²) in [6, 6.07) is 0.482. The molecule has 0 aliphatic heterocycles. The normalized spacial score (nSPS) is 17.2. The first-order valence-corrected chi connectivity index (χ1v) is 4.80. The number of nitrogens with zero attached hydrogens (tertiary/aromatic N) is 1. The number of hydrogen-bond donors (Lipinski definition) is 0. The van der Waals surface area contributed by atoms with Crippen LogP contribution in [0.3, 0.4) is 0 Å². The van der Waals surface area contributed by atoms with E-state index in [1.54, 1.807) is 4.90 Å². The molecule has 1 aliphatic rings. The molecule has 1 aliphatic carbocycles. The highest BCUT2D eigenvalue weighted by atomic mass is 16.5. The fourth-order valence-corrected chi connectivity index (χ4v) is 1.05. The number of ether oxygens (including phenoxy) is 1.